The van der Waals surface area contributed by atoms with Crippen LogP contribution in [0.2, 0.25) is 0 Å². The summed E-state index contributed by atoms with van der Waals surface area (Å²) < 4.78 is 15.0. The van der Waals surface area contributed by atoms with Crippen LogP contribution in [0.5, 0.6) is 0 Å². The van der Waals surface area contributed by atoms with Crippen LogP contribution in [-0.2, 0) is 13.0 Å². The van der Waals surface area contributed by atoms with Crippen molar-refractivity contribution in [3.05, 3.63) is 101 Å². The Bertz CT molecular complexity index is 1310. The van der Waals surface area contributed by atoms with Crippen LogP contribution in [0.3, 0.4) is 0 Å². The molecule has 0 spiro atoms. The third kappa shape index (κ3) is 5.30. The van der Waals surface area contributed by atoms with Gasteiger partial charge in [-0.1, -0.05) is 60.7 Å². The maximum Gasteiger partial charge on any atom is 0.288 e. The Morgan fingerprint density at radius 3 is 2.03 bits per heavy atom. The first-order chi connectivity index (χ1) is 16.9. The van der Waals surface area contributed by atoms with Crippen molar-refractivity contribution in [2.24, 2.45) is 5.73 Å². The van der Waals surface area contributed by atoms with Crippen LogP contribution < -0.4 is 5.73 Å². The molecule has 1 aromatic heterocycles. The zero-order valence-corrected chi connectivity index (χ0v) is 19.7. The number of nitrogens with two attached hydrogens (primary N) is 1. The van der Waals surface area contributed by atoms with Crippen molar-refractivity contribution in [3.63, 3.8) is 0 Å². The molecular formula is C28H28FN5O. The molecular weight excluding hydrogens is 441 g/mol. The number of nitrogens with zero attached hydrogens (tertiary/aromatic N) is 4. The lowest BCUT2D eigenvalue weighted by molar-refractivity contribution is 0.0990. The molecule has 3 aromatic carbocycles. The maximum absolute atomic E-state index is 13.4. The smallest absolute Gasteiger partial charge is 0.288 e. The average molecular weight is 470 g/mol. The largest absolute Gasteiger partial charge is 0.363 e. The van der Waals surface area contributed by atoms with Crippen LogP contribution in [0.1, 0.15) is 39.6 Å². The third-order valence-corrected chi connectivity index (χ3v) is 6.44. The molecule has 1 saturated heterocycles. The molecule has 5 rings (SSSR count). The molecule has 1 amide bonds. The van der Waals surface area contributed by atoms with E-state index in [4.69, 9.17) is 5.73 Å². The summed E-state index contributed by atoms with van der Waals surface area (Å²) in [6, 6.07) is 25.2. The van der Waals surface area contributed by atoms with Gasteiger partial charge >= 0.3 is 0 Å². The molecule has 0 radical (unpaired) electrons. The van der Waals surface area contributed by atoms with Crippen molar-refractivity contribution >= 4 is 5.91 Å². The number of halogens is 1. The van der Waals surface area contributed by atoms with Crippen molar-refractivity contribution < 1.29 is 9.18 Å². The van der Waals surface area contributed by atoms with Crippen LogP contribution in [0.25, 0.3) is 16.8 Å². The normalized spacial score (nSPS) is 16.0. The van der Waals surface area contributed by atoms with Gasteiger partial charge in [-0.3, -0.25) is 9.69 Å². The highest BCUT2D eigenvalue weighted by Gasteiger charge is 2.21. The first-order valence-electron chi connectivity index (χ1n) is 11.8. The topological polar surface area (TPSA) is 77.0 Å². The Labute approximate surface area is 204 Å². The average Bonchev–Trinajstić information content (AvgIpc) is 3.46. The summed E-state index contributed by atoms with van der Waals surface area (Å²) in [5.41, 5.74) is 12.1. The summed E-state index contributed by atoms with van der Waals surface area (Å²) in [4.78, 5) is 17.6. The lowest BCUT2D eigenvalue weighted by Crippen LogP contribution is -2.20. The molecule has 1 aliphatic heterocycles. The Hall–Kier alpha value is -3.84. The number of aryl methyl sites for hydroxylation is 1. The number of primary amides is 1. The standard InChI is InChI=1S/C28H28FN5O/c1-19-31-28(27(30)35)32-34(19)26-12-6-21(7-13-26)16-20-2-8-23(9-3-20)24-10-4-22(5-11-24)17-33-15-14-25(29)18-33/h2-13,25H,14-18H2,1H3,(H2,30,35)/t25-/m1/s1. The molecule has 7 heteroatoms. The van der Waals surface area contributed by atoms with E-state index in [1.165, 1.54) is 27.8 Å². The minimum absolute atomic E-state index is 0.0165. The molecule has 178 valence electrons. The number of hydrogen-bond donors (Lipinski definition) is 1. The van der Waals surface area contributed by atoms with E-state index in [0.717, 1.165) is 25.2 Å². The molecule has 0 bridgehead atoms. The Morgan fingerprint density at radius 1 is 0.943 bits per heavy atom. The molecule has 1 atom stereocenters. The van der Waals surface area contributed by atoms with E-state index in [0.29, 0.717) is 18.8 Å². The number of amides is 1. The second kappa shape index (κ2) is 9.80. The van der Waals surface area contributed by atoms with Crippen LogP contribution in [0.4, 0.5) is 4.39 Å². The molecule has 0 aliphatic carbocycles. The monoisotopic (exact) mass is 469 g/mol. The van der Waals surface area contributed by atoms with Crippen molar-refractivity contribution in [3.8, 4) is 16.8 Å². The summed E-state index contributed by atoms with van der Waals surface area (Å²) >= 11 is 0. The molecule has 2 N–H and O–H groups in total. The molecule has 0 unspecified atom stereocenters. The summed E-state index contributed by atoms with van der Waals surface area (Å²) in [6.07, 6.45) is 0.779. The van der Waals surface area contributed by atoms with Gasteiger partial charge in [-0.15, -0.1) is 5.10 Å². The van der Waals surface area contributed by atoms with E-state index in [9.17, 15) is 9.18 Å². The first-order valence-corrected chi connectivity index (χ1v) is 11.8. The van der Waals surface area contributed by atoms with Gasteiger partial charge in [0.2, 0.25) is 5.82 Å². The van der Waals surface area contributed by atoms with Gasteiger partial charge in [0, 0.05) is 19.6 Å². The zero-order chi connectivity index (χ0) is 24.4. The van der Waals surface area contributed by atoms with Gasteiger partial charge in [-0.05, 0) is 59.7 Å². The quantitative estimate of drug-likeness (QED) is 0.433. The van der Waals surface area contributed by atoms with Gasteiger partial charge in [-0.2, -0.15) is 0 Å². The van der Waals surface area contributed by atoms with E-state index in [1.807, 2.05) is 12.1 Å². The number of likely N-dealkylation sites (tertiary alicyclic amines) is 1. The molecule has 0 saturated carbocycles. The van der Waals surface area contributed by atoms with Gasteiger partial charge in [0.25, 0.3) is 5.91 Å². The molecule has 35 heavy (non-hydrogen) atoms. The van der Waals surface area contributed by atoms with Crippen molar-refractivity contribution in [2.75, 3.05) is 13.1 Å². The lowest BCUT2D eigenvalue weighted by Gasteiger charge is -2.14. The Morgan fingerprint density at radius 2 is 1.51 bits per heavy atom. The molecule has 6 nitrogen and oxygen atoms in total. The van der Waals surface area contributed by atoms with Crippen molar-refractivity contribution in [2.45, 2.75) is 32.5 Å². The maximum atomic E-state index is 13.4. The van der Waals surface area contributed by atoms with Gasteiger partial charge in [-0.25, -0.2) is 14.1 Å². The molecule has 2 heterocycles. The van der Waals surface area contributed by atoms with Crippen LogP contribution in [0, 0.1) is 6.92 Å². The summed E-state index contributed by atoms with van der Waals surface area (Å²) in [6.45, 7) is 3.98. The minimum Gasteiger partial charge on any atom is -0.363 e. The second-order valence-electron chi connectivity index (χ2n) is 9.12. The fraction of sp³-hybridized carbons (Fsp3) is 0.250. The van der Waals surface area contributed by atoms with E-state index in [1.54, 1.807) is 11.6 Å². The summed E-state index contributed by atoms with van der Waals surface area (Å²) in [5, 5.41) is 4.18. The summed E-state index contributed by atoms with van der Waals surface area (Å²) in [5.74, 6) is -0.0105. The highest BCUT2D eigenvalue weighted by molar-refractivity contribution is 5.88. The van der Waals surface area contributed by atoms with Crippen LogP contribution in [-0.4, -0.2) is 44.8 Å². The number of aromatic nitrogens is 3. The van der Waals surface area contributed by atoms with Crippen molar-refractivity contribution in [1.29, 1.82) is 0 Å². The van der Waals surface area contributed by atoms with Gasteiger partial charge in [0.05, 0.1) is 5.69 Å². The van der Waals surface area contributed by atoms with E-state index in [2.05, 4.69) is 75.6 Å². The molecule has 1 fully saturated rings. The third-order valence-electron chi connectivity index (χ3n) is 6.44. The van der Waals surface area contributed by atoms with E-state index < -0.39 is 12.1 Å². The Kier molecular flexibility index (Phi) is 6.42. The number of rotatable bonds is 7. The van der Waals surface area contributed by atoms with Crippen LogP contribution in [0.15, 0.2) is 72.8 Å². The van der Waals surface area contributed by atoms with Gasteiger partial charge < -0.3 is 5.73 Å². The minimum atomic E-state index is -0.680. The summed E-state index contributed by atoms with van der Waals surface area (Å²) in [7, 11) is 0. The zero-order valence-electron chi connectivity index (χ0n) is 19.7. The molecule has 1 aliphatic rings. The lowest BCUT2D eigenvalue weighted by atomic mass is 9.99. The predicted molar refractivity (Wildman–Crippen MR) is 134 cm³/mol. The van der Waals surface area contributed by atoms with E-state index >= 15 is 0 Å². The number of carbonyl (C=O) groups is 1. The van der Waals surface area contributed by atoms with Gasteiger partial charge in [0.15, 0.2) is 0 Å². The SMILES string of the molecule is Cc1nc(C(N)=O)nn1-c1ccc(Cc2ccc(-c3ccc(CN4CC[C@@H](F)C4)cc3)cc2)cc1. The first kappa shape index (κ1) is 22.9. The second-order valence-corrected chi connectivity index (χ2v) is 9.12. The highest BCUT2D eigenvalue weighted by Crippen LogP contribution is 2.23. The highest BCUT2D eigenvalue weighted by atomic mass is 19.1. The number of benzene rings is 3. The Balaban J connectivity index is 1.22. The van der Waals surface area contributed by atoms with Gasteiger partial charge in [0.1, 0.15) is 12.0 Å². The fourth-order valence-corrected chi connectivity index (χ4v) is 4.53. The van der Waals surface area contributed by atoms with Crippen LogP contribution >= 0.6 is 0 Å². The number of hydrogen-bond acceptors (Lipinski definition) is 4. The predicted octanol–water partition coefficient (Wildman–Crippen LogP) is 4.48. The van der Waals surface area contributed by atoms with E-state index in [-0.39, 0.29) is 5.82 Å². The fourth-order valence-electron chi connectivity index (χ4n) is 4.53. The molecule has 4 aromatic rings. The van der Waals surface area contributed by atoms with Crippen molar-refractivity contribution in [1.82, 2.24) is 19.7 Å². The number of carbonyl (C=O) groups excluding carboxylic acids is 1. The number of alkyl halides is 1.